The quantitative estimate of drug-likeness (QED) is 0.608. The molecule has 1 amide bonds. The molecule has 0 radical (unpaired) electrons. The van der Waals surface area contributed by atoms with Gasteiger partial charge in [-0.1, -0.05) is 62.4 Å². The van der Waals surface area contributed by atoms with Crippen LogP contribution in [-0.2, 0) is 11.2 Å². The fourth-order valence-electron chi connectivity index (χ4n) is 3.54. The Morgan fingerprint density at radius 2 is 1.85 bits per heavy atom. The van der Waals surface area contributed by atoms with Crippen LogP contribution >= 0.6 is 0 Å². The van der Waals surface area contributed by atoms with Crippen LogP contribution in [0.3, 0.4) is 0 Å². The molecule has 2 aromatic carbocycles. The van der Waals surface area contributed by atoms with E-state index in [9.17, 15) is 4.79 Å². The van der Waals surface area contributed by atoms with E-state index < -0.39 is 0 Å². The zero-order valence-corrected chi connectivity index (χ0v) is 15.9. The Morgan fingerprint density at radius 3 is 2.54 bits per heavy atom. The lowest BCUT2D eigenvalue weighted by molar-refractivity contribution is -0.121. The third-order valence-corrected chi connectivity index (χ3v) is 5.20. The number of benzene rings is 2. The number of fused-ring (bicyclic) bond motifs is 1. The van der Waals surface area contributed by atoms with E-state index >= 15 is 0 Å². The van der Waals surface area contributed by atoms with Gasteiger partial charge in [0, 0.05) is 35.5 Å². The number of aromatic amines is 1. The molecule has 0 aliphatic heterocycles. The van der Waals surface area contributed by atoms with Gasteiger partial charge in [-0.3, -0.25) is 4.79 Å². The predicted octanol–water partition coefficient (Wildman–Crippen LogP) is 5.17. The molecule has 2 N–H and O–H groups in total. The van der Waals surface area contributed by atoms with Crippen LogP contribution < -0.4 is 5.32 Å². The van der Waals surface area contributed by atoms with Gasteiger partial charge in [0.2, 0.25) is 5.91 Å². The number of amides is 1. The smallest absolute Gasteiger partial charge is 0.221 e. The van der Waals surface area contributed by atoms with E-state index in [4.69, 9.17) is 0 Å². The molecule has 3 heteroatoms. The number of rotatable bonds is 7. The number of carbonyl (C=O) groups is 1. The van der Waals surface area contributed by atoms with Crippen molar-refractivity contribution in [2.75, 3.05) is 0 Å². The molecule has 0 aliphatic carbocycles. The summed E-state index contributed by atoms with van der Waals surface area (Å²) in [5.74, 6) is 0.148. The second-order valence-electron chi connectivity index (χ2n) is 6.98. The second kappa shape index (κ2) is 8.22. The maximum atomic E-state index is 12.6. The molecule has 0 aliphatic rings. The van der Waals surface area contributed by atoms with Crippen molar-refractivity contribution in [2.45, 2.75) is 52.0 Å². The summed E-state index contributed by atoms with van der Waals surface area (Å²) in [6.45, 7) is 6.31. The van der Waals surface area contributed by atoms with E-state index in [1.165, 1.54) is 27.6 Å². The third-order valence-electron chi connectivity index (χ3n) is 5.20. The molecule has 136 valence electrons. The average Bonchev–Trinajstić information content (AvgIpc) is 3.10. The van der Waals surface area contributed by atoms with Crippen LogP contribution in [0.25, 0.3) is 10.9 Å². The third kappa shape index (κ3) is 3.82. The number of nitrogens with one attached hydrogen (secondary N) is 2. The lowest BCUT2D eigenvalue weighted by Gasteiger charge is -2.19. The number of hydrogen-bond acceptors (Lipinski definition) is 1. The Morgan fingerprint density at radius 1 is 1.08 bits per heavy atom. The molecular weight excluding hydrogens is 320 g/mol. The Kier molecular flexibility index (Phi) is 5.77. The largest absolute Gasteiger partial charge is 0.361 e. The van der Waals surface area contributed by atoms with Crippen LogP contribution in [0.5, 0.6) is 0 Å². The van der Waals surface area contributed by atoms with Crippen molar-refractivity contribution < 1.29 is 4.79 Å². The molecule has 2 unspecified atom stereocenters. The predicted molar refractivity (Wildman–Crippen MR) is 108 cm³/mol. The summed E-state index contributed by atoms with van der Waals surface area (Å²) in [7, 11) is 0. The summed E-state index contributed by atoms with van der Waals surface area (Å²) in [6, 6.07) is 17.0. The molecule has 0 spiro atoms. The van der Waals surface area contributed by atoms with Crippen LogP contribution in [0.4, 0.5) is 0 Å². The number of carbonyl (C=O) groups excluding carboxylic acids is 1. The van der Waals surface area contributed by atoms with Gasteiger partial charge in [0.15, 0.2) is 0 Å². The first-order valence-corrected chi connectivity index (χ1v) is 9.57. The van der Waals surface area contributed by atoms with E-state index in [1.54, 1.807) is 0 Å². The van der Waals surface area contributed by atoms with E-state index in [0.29, 0.717) is 6.42 Å². The summed E-state index contributed by atoms with van der Waals surface area (Å²) < 4.78 is 0. The number of aromatic nitrogens is 1. The van der Waals surface area contributed by atoms with E-state index in [-0.39, 0.29) is 17.9 Å². The molecule has 26 heavy (non-hydrogen) atoms. The van der Waals surface area contributed by atoms with E-state index in [0.717, 1.165) is 12.8 Å². The molecular formula is C23H28N2O. The molecule has 1 heterocycles. The Labute approximate surface area is 155 Å². The first-order chi connectivity index (χ1) is 12.6. The van der Waals surface area contributed by atoms with Gasteiger partial charge in [-0.2, -0.15) is 0 Å². The zero-order valence-electron chi connectivity index (χ0n) is 15.9. The molecule has 3 rings (SSSR count). The van der Waals surface area contributed by atoms with Crippen LogP contribution in [0, 0.1) is 0 Å². The van der Waals surface area contributed by atoms with Crippen LogP contribution in [0.15, 0.2) is 54.7 Å². The average molecular weight is 348 g/mol. The first-order valence-electron chi connectivity index (χ1n) is 9.57. The fourth-order valence-corrected chi connectivity index (χ4v) is 3.54. The molecule has 0 saturated carbocycles. The van der Waals surface area contributed by atoms with Gasteiger partial charge in [-0.25, -0.2) is 0 Å². The van der Waals surface area contributed by atoms with Crippen LogP contribution in [-0.4, -0.2) is 16.9 Å². The Balaban J connectivity index is 2.00. The van der Waals surface area contributed by atoms with Gasteiger partial charge in [0.1, 0.15) is 0 Å². The summed E-state index contributed by atoms with van der Waals surface area (Å²) in [5.41, 5.74) is 4.87. The van der Waals surface area contributed by atoms with Crippen molar-refractivity contribution in [1.29, 1.82) is 0 Å². The van der Waals surface area contributed by atoms with Crippen molar-refractivity contribution >= 4 is 16.8 Å². The van der Waals surface area contributed by atoms with E-state index in [2.05, 4.69) is 67.6 Å². The summed E-state index contributed by atoms with van der Waals surface area (Å²) in [6.07, 6.45) is 4.46. The van der Waals surface area contributed by atoms with Crippen LogP contribution in [0.2, 0.25) is 0 Å². The number of hydrogen-bond donors (Lipinski definition) is 2. The highest BCUT2D eigenvalue weighted by atomic mass is 16.1. The maximum absolute atomic E-state index is 12.6. The lowest BCUT2D eigenvalue weighted by atomic mass is 9.87. The first kappa shape index (κ1) is 18.2. The minimum atomic E-state index is 0.0427. The maximum Gasteiger partial charge on any atom is 0.221 e. The molecule has 0 fully saturated rings. The number of para-hydroxylation sites is 1. The molecule has 0 bridgehead atoms. The Hall–Kier alpha value is -2.55. The molecule has 3 aromatic rings. The van der Waals surface area contributed by atoms with Gasteiger partial charge < -0.3 is 10.3 Å². The zero-order chi connectivity index (χ0) is 18.5. The van der Waals surface area contributed by atoms with Crippen molar-refractivity contribution in [3.63, 3.8) is 0 Å². The van der Waals surface area contributed by atoms with Crippen molar-refractivity contribution in [1.82, 2.24) is 10.3 Å². The number of aryl methyl sites for hydroxylation is 1. The highest BCUT2D eigenvalue weighted by molar-refractivity contribution is 5.88. The highest BCUT2D eigenvalue weighted by Crippen LogP contribution is 2.34. The van der Waals surface area contributed by atoms with Crippen molar-refractivity contribution in [3.05, 3.63) is 71.4 Å². The summed E-state index contributed by atoms with van der Waals surface area (Å²) >= 11 is 0. The number of H-pyrrole nitrogens is 1. The highest BCUT2D eigenvalue weighted by Gasteiger charge is 2.22. The van der Waals surface area contributed by atoms with Gasteiger partial charge in [0.25, 0.3) is 0 Å². The molecule has 2 atom stereocenters. The van der Waals surface area contributed by atoms with Gasteiger partial charge in [-0.15, -0.1) is 0 Å². The van der Waals surface area contributed by atoms with Crippen LogP contribution in [0.1, 0.15) is 56.2 Å². The van der Waals surface area contributed by atoms with Gasteiger partial charge in [-0.05, 0) is 36.5 Å². The SMILES string of the molecule is CCc1cccc2c(C(CC(=O)NC(C)CC)c3ccccc3)c[nH]c12. The van der Waals surface area contributed by atoms with Gasteiger partial charge >= 0.3 is 0 Å². The lowest BCUT2D eigenvalue weighted by Crippen LogP contribution is -2.33. The van der Waals surface area contributed by atoms with Crippen molar-refractivity contribution in [2.24, 2.45) is 0 Å². The monoisotopic (exact) mass is 348 g/mol. The normalized spacial score (nSPS) is 13.5. The topological polar surface area (TPSA) is 44.9 Å². The molecule has 3 nitrogen and oxygen atoms in total. The minimum absolute atomic E-state index is 0.0427. The summed E-state index contributed by atoms with van der Waals surface area (Å²) in [5, 5.41) is 4.33. The fraction of sp³-hybridized carbons (Fsp3) is 0.348. The second-order valence-corrected chi connectivity index (χ2v) is 6.98. The minimum Gasteiger partial charge on any atom is -0.361 e. The van der Waals surface area contributed by atoms with Crippen molar-refractivity contribution in [3.8, 4) is 0 Å². The van der Waals surface area contributed by atoms with Gasteiger partial charge in [0.05, 0.1) is 0 Å². The molecule has 0 saturated heterocycles. The Bertz CT molecular complexity index is 866. The molecule has 1 aromatic heterocycles. The van der Waals surface area contributed by atoms with E-state index in [1.807, 2.05) is 18.2 Å². The standard InChI is InChI=1S/C23H28N2O/c1-4-16(3)25-22(26)14-20(18-10-7-6-8-11-18)21-15-24-23-17(5-2)12-9-13-19(21)23/h6-13,15-16,20,24H,4-5,14H2,1-3H3,(H,25,26). The summed E-state index contributed by atoms with van der Waals surface area (Å²) in [4.78, 5) is 16.1.